The number of carbonyl (C=O) groups is 1. The Morgan fingerprint density at radius 1 is 1.25 bits per heavy atom. The average Bonchev–Trinajstić information content (AvgIpc) is 3.22. The molecule has 1 unspecified atom stereocenters. The average molecular weight is 440 g/mol. The fraction of sp³-hybridized carbons (Fsp3) is 0.542. The maximum Gasteiger partial charge on any atom is 0.255 e. The summed E-state index contributed by atoms with van der Waals surface area (Å²) in [6, 6.07) is 11.7. The van der Waals surface area contributed by atoms with Gasteiger partial charge in [0.05, 0.1) is 18.5 Å². The Morgan fingerprint density at radius 3 is 2.59 bits per heavy atom. The van der Waals surface area contributed by atoms with E-state index in [4.69, 9.17) is 5.73 Å². The quantitative estimate of drug-likeness (QED) is 0.704. The number of nitrogens with two attached hydrogens (primary N) is 1. The summed E-state index contributed by atoms with van der Waals surface area (Å²) in [6.07, 6.45) is 3.73. The van der Waals surface area contributed by atoms with E-state index in [0.29, 0.717) is 44.7 Å². The van der Waals surface area contributed by atoms with Crippen LogP contribution in [0.3, 0.4) is 0 Å². The van der Waals surface area contributed by atoms with Gasteiger partial charge in [-0.05, 0) is 30.7 Å². The van der Waals surface area contributed by atoms with Crippen LogP contribution in [0.2, 0.25) is 0 Å². The largest absolute Gasteiger partial charge is 0.388 e. The number of nitrogens with zero attached hydrogens (tertiary/aromatic N) is 4. The molecule has 2 aliphatic rings. The highest BCUT2D eigenvalue weighted by molar-refractivity contribution is 5.77. The summed E-state index contributed by atoms with van der Waals surface area (Å²) in [5.41, 5.74) is 5.90. The summed E-state index contributed by atoms with van der Waals surface area (Å²) in [5, 5.41) is 11.1. The third-order valence-electron chi connectivity index (χ3n) is 6.77. The molecular weight excluding hydrogens is 406 g/mol. The molecule has 0 radical (unpaired) electrons. The van der Waals surface area contributed by atoms with E-state index in [2.05, 4.69) is 11.9 Å². The Bertz CT molecular complexity index is 985. The molecule has 8 heteroatoms. The minimum atomic E-state index is -1.02. The van der Waals surface area contributed by atoms with Crippen LogP contribution in [0, 0.1) is 0 Å². The lowest BCUT2D eigenvalue weighted by atomic mass is 9.90. The molecule has 3 N–H and O–H groups in total. The molecule has 32 heavy (non-hydrogen) atoms. The summed E-state index contributed by atoms with van der Waals surface area (Å²) in [5.74, 6) is 0.896. The normalized spacial score (nSPS) is 21.5. The molecule has 1 aromatic carbocycles. The first-order valence-electron chi connectivity index (χ1n) is 11.5. The minimum Gasteiger partial charge on any atom is -0.388 e. The van der Waals surface area contributed by atoms with E-state index in [1.807, 2.05) is 40.1 Å². The van der Waals surface area contributed by atoms with Gasteiger partial charge in [0.2, 0.25) is 5.91 Å². The van der Waals surface area contributed by atoms with Gasteiger partial charge in [-0.2, -0.15) is 0 Å². The zero-order valence-corrected chi connectivity index (χ0v) is 18.7. The molecular formula is C24H33N5O3. The number of aromatic nitrogens is 2. The minimum absolute atomic E-state index is 0.107. The van der Waals surface area contributed by atoms with Gasteiger partial charge in [-0.25, -0.2) is 4.98 Å². The van der Waals surface area contributed by atoms with Crippen molar-refractivity contribution in [3.05, 3.63) is 58.6 Å². The first-order chi connectivity index (χ1) is 15.3. The molecule has 2 aromatic rings. The molecule has 0 aliphatic carbocycles. The molecule has 1 amide bonds. The molecule has 4 rings (SSSR count). The highest BCUT2D eigenvalue weighted by Gasteiger charge is 2.35. The fourth-order valence-electron chi connectivity index (χ4n) is 4.64. The number of hydrogen-bond donors (Lipinski definition) is 2. The van der Waals surface area contributed by atoms with E-state index in [-0.39, 0.29) is 30.0 Å². The summed E-state index contributed by atoms with van der Waals surface area (Å²) in [4.78, 5) is 33.6. The second-order valence-corrected chi connectivity index (χ2v) is 9.33. The lowest BCUT2D eigenvalue weighted by molar-refractivity contribution is -0.136. The Balaban J connectivity index is 1.32. The van der Waals surface area contributed by atoms with Crippen molar-refractivity contribution in [3.63, 3.8) is 0 Å². The lowest BCUT2D eigenvalue weighted by Gasteiger charge is -2.38. The fourth-order valence-corrected chi connectivity index (χ4v) is 4.64. The molecule has 0 bridgehead atoms. The molecule has 2 saturated heterocycles. The standard InChI is InChI=1S/C24H33N5O3/c1-18(19-5-3-2-4-6-19)13-22(30)27-11-8-24(32,9-12-27)16-29-17-26-21(14-23(29)31)28-10-7-20(25)15-28/h2-6,14,17-18,20,32H,7-13,15-16,25H2,1H3/t18?,20-/m0/s1. The molecule has 172 valence electrons. The summed E-state index contributed by atoms with van der Waals surface area (Å²) in [7, 11) is 0. The number of aliphatic hydroxyl groups is 1. The number of piperidine rings is 1. The smallest absolute Gasteiger partial charge is 0.255 e. The molecule has 0 saturated carbocycles. The number of carbonyl (C=O) groups excluding carboxylic acids is 1. The van der Waals surface area contributed by atoms with Gasteiger partial charge < -0.3 is 20.6 Å². The van der Waals surface area contributed by atoms with Gasteiger partial charge >= 0.3 is 0 Å². The van der Waals surface area contributed by atoms with Crippen molar-refractivity contribution in [2.45, 2.75) is 56.7 Å². The number of hydrogen-bond acceptors (Lipinski definition) is 6. The maximum absolute atomic E-state index is 12.8. The third-order valence-corrected chi connectivity index (χ3v) is 6.77. The zero-order valence-electron chi connectivity index (χ0n) is 18.7. The van der Waals surface area contributed by atoms with E-state index in [0.717, 1.165) is 18.5 Å². The topological polar surface area (TPSA) is 105 Å². The van der Waals surface area contributed by atoms with E-state index >= 15 is 0 Å². The van der Waals surface area contributed by atoms with Crippen LogP contribution in [0.25, 0.3) is 0 Å². The van der Waals surface area contributed by atoms with Crippen LogP contribution in [-0.4, -0.2) is 63.3 Å². The summed E-state index contributed by atoms with van der Waals surface area (Å²) < 4.78 is 1.47. The Labute approximate surface area is 188 Å². The monoisotopic (exact) mass is 439 g/mol. The summed E-state index contributed by atoms with van der Waals surface area (Å²) in [6.45, 7) is 4.72. The maximum atomic E-state index is 12.8. The number of anilines is 1. The van der Waals surface area contributed by atoms with Gasteiger partial charge in [0.15, 0.2) is 0 Å². The van der Waals surface area contributed by atoms with E-state index in [1.54, 1.807) is 0 Å². The predicted octanol–water partition coefficient (Wildman–Crippen LogP) is 1.33. The van der Waals surface area contributed by atoms with Crippen LogP contribution in [0.1, 0.15) is 44.1 Å². The van der Waals surface area contributed by atoms with Crippen molar-refractivity contribution in [2.75, 3.05) is 31.1 Å². The van der Waals surface area contributed by atoms with E-state index < -0.39 is 5.60 Å². The van der Waals surface area contributed by atoms with Crippen LogP contribution in [0.5, 0.6) is 0 Å². The van der Waals surface area contributed by atoms with Crippen molar-refractivity contribution in [2.24, 2.45) is 5.73 Å². The molecule has 8 nitrogen and oxygen atoms in total. The van der Waals surface area contributed by atoms with Gasteiger partial charge in [0, 0.05) is 44.7 Å². The van der Waals surface area contributed by atoms with E-state index in [9.17, 15) is 14.7 Å². The highest BCUT2D eigenvalue weighted by atomic mass is 16.3. The van der Waals surface area contributed by atoms with Gasteiger partial charge in [-0.15, -0.1) is 0 Å². The molecule has 3 heterocycles. The van der Waals surface area contributed by atoms with Crippen molar-refractivity contribution in [1.82, 2.24) is 14.5 Å². The van der Waals surface area contributed by atoms with Crippen molar-refractivity contribution in [3.8, 4) is 0 Å². The lowest BCUT2D eigenvalue weighted by Crippen LogP contribution is -2.49. The van der Waals surface area contributed by atoms with Crippen molar-refractivity contribution < 1.29 is 9.90 Å². The molecule has 0 spiro atoms. The first-order valence-corrected chi connectivity index (χ1v) is 11.5. The van der Waals surface area contributed by atoms with Gasteiger partial charge in [0.1, 0.15) is 5.82 Å². The van der Waals surface area contributed by atoms with Crippen LogP contribution >= 0.6 is 0 Å². The molecule has 2 fully saturated rings. The van der Waals surface area contributed by atoms with Crippen molar-refractivity contribution in [1.29, 1.82) is 0 Å². The predicted molar refractivity (Wildman–Crippen MR) is 124 cm³/mol. The van der Waals surface area contributed by atoms with Crippen molar-refractivity contribution >= 4 is 11.7 Å². The second-order valence-electron chi connectivity index (χ2n) is 9.33. The SMILES string of the molecule is CC(CC(=O)N1CCC(O)(Cn2cnc(N3CC[C@H](N)C3)cc2=O)CC1)c1ccccc1. The van der Waals surface area contributed by atoms with E-state index in [1.165, 1.54) is 17.0 Å². The highest BCUT2D eigenvalue weighted by Crippen LogP contribution is 2.26. The Kier molecular flexibility index (Phi) is 6.62. The van der Waals surface area contributed by atoms with Crippen LogP contribution in [0.4, 0.5) is 5.82 Å². The Hall–Kier alpha value is -2.71. The second kappa shape index (κ2) is 9.42. The van der Waals surface area contributed by atoms with Gasteiger partial charge in [0.25, 0.3) is 5.56 Å². The molecule has 2 atom stereocenters. The number of likely N-dealkylation sites (tertiary alicyclic amines) is 1. The third kappa shape index (κ3) is 5.19. The number of rotatable bonds is 6. The Morgan fingerprint density at radius 2 is 1.97 bits per heavy atom. The molecule has 2 aliphatic heterocycles. The molecule has 1 aromatic heterocycles. The number of benzene rings is 1. The van der Waals surface area contributed by atoms with Gasteiger partial charge in [-0.3, -0.25) is 14.2 Å². The van der Waals surface area contributed by atoms with Gasteiger partial charge in [-0.1, -0.05) is 37.3 Å². The first kappa shape index (κ1) is 22.5. The zero-order chi connectivity index (χ0) is 22.7. The summed E-state index contributed by atoms with van der Waals surface area (Å²) >= 11 is 0. The number of amides is 1. The van der Waals surface area contributed by atoms with Crippen LogP contribution < -0.4 is 16.2 Å². The van der Waals surface area contributed by atoms with Crippen LogP contribution in [-0.2, 0) is 11.3 Å². The van der Waals surface area contributed by atoms with Crippen LogP contribution in [0.15, 0.2) is 47.5 Å².